The molecule has 0 spiro atoms. The monoisotopic (exact) mass is 284 g/mol. The fourth-order valence-corrected chi connectivity index (χ4v) is 1.41. The number of aliphatic carboxylic acids is 2. The van der Waals surface area contributed by atoms with E-state index in [0.29, 0.717) is 5.56 Å². The van der Waals surface area contributed by atoms with Crippen molar-refractivity contribution in [3.8, 4) is 0 Å². The van der Waals surface area contributed by atoms with E-state index in [1.165, 1.54) is 12.1 Å². The van der Waals surface area contributed by atoms with Crippen LogP contribution in [0.5, 0.6) is 0 Å². The predicted molar refractivity (Wildman–Crippen MR) is 67.0 cm³/mol. The van der Waals surface area contributed by atoms with Crippen molar-refractivity contribution in [2.24, 2.45) is 0 Å². The highest BCUT2D eigenvalue weighted by Gasteiger charge is 2.23. The first kappa shape index (κ1) is 15.4. The topological polar surface area (TPSA) is 116 Å². The number of halogens is 1. The molecule has 4 N–H and O–H groups in total. The third kappa shape index (κ3) is 4.56. The number of carboxylic acid groups (broad SMARTS) is 2. The Labute approximate surface area is 113 Å². The van der Waals surface area contributed by atoms with E-state index in [-0.39, 0.29) is 5.69 Å². The lowest BCUT2D eigenvalue weighted by Gasteiger charge is -2.13. The Kier molecular flexibility index (Phi) is 5.01. The maximum atomic E-state index is 13.5. The average Bonchev–Trinajstić information content (AvgIpc) is 2.31. The smallest absolute Gasteiger partial charge is 0.326 e. The molecule has 0 bridgehead atoms. The van der Waals surface area contributed by atoms with E-state index in [1.807, 2.05) is 5.32 Å². The molecule has 0 fully saturated rings. The summed E-state index contributed by atoms with van der Waals surface area (Å²) in [6, 6.07) is 1.48. The first-order chi connectivity index (χ1) is 9.29. The van der Waals surface area contributed by atoms with E-state index in [9.17, 15) is 18.8 Å². The average molecular weight is 284 g/mol. The molecule has 1 rings (SSSR count). The second-order valence-electron chi connectivity index (χ2n) is 4.07. The van der Waals surface area contributed by atoms with Crippen LogP contribution in [0.25, 0.3) is 0 Å². The standard InChI is InChI=1S/C12H13FN2O5/c1-6-2-3-8(7(13)4-6)14-12(20)15-9(11(18)19)5-10(16)17/h2-4,9H,5H2,1H3,(H,16,17)(H,18,19)(H2,14,15,20). The summed E-state index contributed by atoms with van der Waals surface area (Å²) < 4.78 is 13.5. The molecule has 1 aromatic carbocycles. The molecule has 0 aliphatic carbocycles. The Morgan fingerprint density at radius 2 is 1.95 bits per heavy atom. The van der Waals surface area contributed by atoms with Crippen LogP contribution in [-0.2, 0) is 9.59 Å². The Balaban J connectivity index is 2.70. The van der Waals surface area contributed by atoms with Crippen molar-refractivity contribution in [1.82, 2.24) is 5.32 Å². The molecule has 8 heteroatoms. The molecular formula is C12H13FN2O5. The largest absolute Gasteiger partial charge is 0.481 e. The van der Waals surface area contributed by atoms with Crippen LogP contribution in [0.1, 0.15) is 12.0 Å². The number of carbonyl (C=O) groups excluding carboxylic acids is 1. The van der Waals surface area contributed by atoms with E-state index in [1.54, 1.807) is 13.0 Å². The molecule has 0 saturated carbocycles. The van der Waals surface area contributed by atoms with Gasteiger partial charge in [0.15, 0.2) is 0 Å². The number of anilines is 1. The highest BCUT2D eigenvalue weighted by Crippen LogP contribution is 2.15. The minimum absolute atomic E-state index is 0.132. The van der Waals surface area contributed by atoms with E-state index in [4.69, 9.17) is 10.2 Å². The van der Waals surface area contributed by atoms with E-state index in [2.05, 4.69) is 5.32 Å². The lowest BCUT2D eigenvalue weighted by atomic mass is 10.2. The second kappa shape index (κ2) is 6.50. The molecule has 108 valence electrons. The third-order valence-electron chi connectivity index (χ3n) is 2.35. The summed E-state index contributed by atoms with van der Waals surface area (Å²) in [5.74, 6) is -3.54. The van der Waals surface area contributed by atoms with Crippen molar-refractivity contribution < 1.29 is 29.0 Å². The van der Waals surface area contributed by atoms with E-state index < -0.39 is 36.2 Å². The Bertz CT molecular complexity index is 547. The maximum Gasteiger partial charge on any atom is 0.326 e. The first-order valence-corrected chi connectivity index (χ1v) is 5.58. The zero-order valence-electron chi connectivity index (χ0n) is 10.5. The molecule has 20 heavy (non-hydrogen) atoms. The molecule has 1 aromatic rings. The van der Waals surface area contributed by atoms with Gasteiger partial charge in [-0.3, -0.25) is 4.79 Å². The molecule has 0 aliphatic heterocycles. The predicted octanol–water partition coefficient (Wildman–Crippen LogP) is 1.18. The van der Waals surface area contributed by atoms with Gasteiger partial charge in [0.1, 0.15) is 11.9 Å². The number of carbonyl (C=O) groups is 3. The molecule has 0 radical (unpaired) electrons. The van der Waals surface area contributed by atoms with Crippen molar-refractivity contribution >= 4 is 23.7 Å². The lowest BCUT2D eigenvalue weighted by molar-refractivity contribution is -0.145. The van der Waals surface area contributed by atoms with E-state index in [0.717, 1.165) is 0 Å². The third-order valence-corrected chi connectivity index (χ3v) is 2.35. The van der Waals surface area contributed by atoms with Gasteiger partial charge in [0.25, 0.3) is 0 Å². The molecule has 1 atom stereocenters. The Morgan fingerprint density at radius 3 is 2.45 bits per heavy atom. The number of amides is 2. The zero-order valence-corrected chi connectivity index (χ0v) is 10.5. The quantitative estimate of drug-likeness (QED) is 0.648. The first-order valence-electron chi connectivity index (χ1n) is 5.58. The molecule has 0 saturated heterocycles. The molecule has 2 amide bonds. The van der Waals surface area contributed by atoms with Gasteiger partial charge < -0.3 is 20.8 Å². The van der Waals surface area contributed by atoms with Gasteiger partial charge in [-0.15, -0.1) is 0 Å². The number of benzene rings is 1. The van der Waals surface area contributed by atoms with Crippen LogP contribution in [0.3, 0.4) is 0 Å². The summed E-state index contributed by atoms with van der Waals surface area (Å²) in [6.07, 6.45) is -0.779. The van der Waals surface area contributed by atoms with Crippen LogP contribution < -0.4 is 10.6 Å². The highest BCUT2D eigenvalue weighted by molar-refractivity contribution is 5.93. The SMILES string of the molecule is Cc1ccc(NC(=O)NC(CC(=O)O)C(=O)O)c(F)c1. The summed E-state index contributed by atoms with van der Waals surface area (Å²) in [5.41, 5.74) is 0.523. The lowest BCUT2D eigenvalue weighted by Crippen LogP contribution is -2.44. The van der Waals surface area contributed by atoms with Crippen LogP contribution in [0.2, 0.25) is 0 Å². The highest BCUT2D eigenvalue weighted by atomic mass is 19.1. The molecule has 0 heterocycles. The summed E-state index contributed by atoms with van der Waals surface area (Å²) in [7, 11) is 0. The van der Waals surface area contributed by atoms with Crippen LogP contribution in [0.4, 0.5) is 14.9 Å². The number of urea groups is 1. The molecule has 0 aliphatic rings. The van der Waals surface area contributed by atoms with Crippen molar-refractivity contribution in [1.29, 1.82) is 0 Å². The Morgan fingerprint density at radius 1 is 1.30 bits per heavy atom. The van der Waals surface area contributed by atoms with Crippen LogP contribution in [-0.4, -0.2) is 34.2 Å². The molecule has 1 unspecified atom stereocenters. The van der Waals surface area contributed by atoms with Crippen molar-refractivity contribution in [3.05, 3.63) is 29.6 Å². The summed E-state index contributed by atoms with van der Waals surface area (Å²) in [6.45, 7) is 1.67. The van der Waals surface area contributed by atoms with Gasteiger partial charge in [-0.2, -0.15) is 0 Å². The number of hydrogen-bond acceptors (Lipinski definition) is 3. The number of nitrogens with one attached hydrogen (secondary N) is 2. The molecule has 7 nitrogen and oxygen atoms in total. The van der Waals surface area contributed by atoms with E-state index >= 15 is 0 Å². The van der Waals surface area contributed by atoms with Crippen molar-refractivity contribution in [2.75, 3.05) is 5.32 Å². The maximum absolute atomic E-state index is 13.5. The number of hydrogen-bond donors (Lipinski definition) is 4. The van der Waals surface area contributed by atoms with Gasteiger partial charge >= 0.3 is 18.0 Å². The van der Waals surface area contributed by atoms with Gasteiger partial charge in [0, 0.05) is 0 Å². The van der Waals surface area contributed by atoms with Crippen molar-refractivity contribution in [3.63, 3.8) is 0 Å². The normalized spacial score (nSPS) is 11.5. The minimum Gasteiger partial charge on any atom is -0.481 e. The summed E-state index contributed by atoms with van der Waals surface area (Å²) >= 11 is 0. The van der Waals surface area contributed by atoms with Crippen LogP contribution >= 0.6 is 0 Å². The van der Waals surface area contributed by atoms with Gasteiger partial charge in [0.2, 0.25) is 0 Å². The van der Waals surface area contributed by atoms with Gasteiger partial charge in [0.05, 0.1) is 12.1 Å². The van der Waals surface area contributed by atoms with Crippen LogP contribution in [0.15, 0.2) is 18.2 Å². The Hall–Kier alpha value is -2.64. The van der Waals surface area contributed by atoms with Crippen LogP contribution in [0, 0.1) is 12.7 Å². The molecular weight excluding hydrogens is 271 g/mol. The fraction of sp³-hybridized carbons (Fsp3) is 0.250. The molecule has 0 aromatic heterocycles. The summed E-state index contributed by atoms with van der Waals surface area (Å²) in [5, 5.41) is 21.3. The second-order valence-corrected chi connectivity index (χ2v) is 4.07. The van der Waals surface area contributed by atoms with Gasteiger partial charge in [-0.05, 0) is 24.6 Å². The van der Waals surface area contributed by atoms with Gasteiger partial charge in [-0.1, -0.05) is 6.07 Å². The minimum atomic E-state index is -1.60. The van der Waals surface area contributed by atoms with Gasteiger partial charge in [-0.25, -0.2) is 14.0 Å². The number of rotatable bonds is 5. The summed E-state index contributed by atoms with van der Waals surface area (Å²) in [4.78, 5) is 32.7. The zero-order chi connectivity index (χ0) is 15.3. The number of carboxylic acids is 2. The fourth-order valence-electron chi connectivity index (χ4n) is 1.41. The number of aryl methyl sites for hydroxylation is 1. The van der Waals surface area contributed by atoms with Crippen molar-refractivity contribution in [2.45, 2.75) is 19.4 Å².